The van der Waals surface area contributed by atoms with Gasteiger partial charge >= 0.3 is 0 Å². The van der Waals surface area contributed by atoms with E-state index in [-0.39, 0.29) is 6.10 Å². The number of morpholine rings is 1. The Labute approximate surface area is 152 Å². The first-order valence-electron chi connectivity index (χ1n) is 8.54. The monoisotopic (exact) mass is 351 g/mol. The Bertz CT molecular complexity index is 834. The molecule has 1 aliphatic heterocycles. The Morgan fingerprint density at radius 3 is 2.96 bits per heavy atom. The quantitative estimate of drug-likeness (QED) is 0.710. The van der Waals surface area contributed by atoms with Gasteiger partial charge in [-0.3, -0.25) is 9.88 Å². The number of rotatable bonds is 4. The molecule has 3 heterocycles. The Morgan fingerprint density at radius 1 is 1.20 bits per heavy atom. The smallest absolute Gasteiger partial charge is 0.123 e. The van der Waals surface area contributed by atoms with Crippen LogP contribution in [0.5, 0.6) is 0 Å². The molecule has 4 rings (SSSR count). The van der Waals surface area contributed by atoms with Crippen molar-refractivity contribution in [3.05, 3.63) is 71.0 Å². The Kier molecular flexibility index (Phi) is 4.88. The number of nitrogens with zero attached hydrogens (tertiary/aromatic N) is 3. The first kappa shape index (κ1) is 16.4. The van der Waals surface area contributed by atoms with Crippen LogP contribution in [0.2, 0.25) is 0 Å². The molecule has 0 N–H and O–H groups in total. The predicted molar refractivity (Wildman–Crippen MR) is 100 cm³/mol. The summed E-state index contributed by atoms with van der Waals surface area (Å²) >= 11 is 1.78. The molecular formula is C20H21N3OS. The van der Waals surface area contributed by atoms with Crippen molar-refractivity contribution in [2.45, 2.75) is 19.6 Å². The number of benzene rings is 1. The molecule has 1 atom stereocenters. The minimum Gasteiger partial charge on any atom is -0.371 e. The van der Waals surface area contributed by atoms with Crippen LogP contribution in [0, 0.1) is 6.92 Å². The number of pyridine rings is 1. The Hall–Kier alpha value is -2.08. The molecule has 1 aromatic carbocycles. The van der Waals surface area contributed by atoms with Crippen LogP contribution in [-0.4, -0.2) is 34.6 Å². The lowest BCUT2D eigenvalue weighted by Crippen LogP contribution is -2.37. The molecular weight excluding hydrogens is 330 g/mol. The third-order valence-corrected chi connectivity index (χ3v) is 5.53. The van der Waals surface area contributed by atoms with E-state index < -0.39 is 0 Å². The van der Waals surface area contributed by atoms with Gasteiger partial charge in [0.2, 0.25) is 0 Å². The largest absolute Gasteiger partial charge is 0.371 e. The van der Waals surface area contributed by atoms with Crippen molar-refractivity contribution in [1.82, 2.24) is 14.9 Å². The number of thiazole rings is 1. The van der Waals surface area contributed by atoms with Crippen molar-refractivity contribution >= 4 is 11.3 Å². The van der Waals surface area contributed by atoms with Crippen LogP contribution in [0.25, 0.3) is 10.6 Å². The third kappa shape index (κ3) is 3.79. The molecule has 0 saturated carbocycles. The van der Waals surface area contributed by atoms with Gasteiger partial charge in [-0.2, -0.15) is 0 Å². The molecule has 0 unspecified atom stereocenters. The molecule has 25 heavy (non-hydrogen) atoms. The van der Waals surface area contributed by atoms with E-state index in [1.807, 2.05) is 18.5 Å². The zero-order chi connectivity index (χ0) is 17.1. The van der Waals surface area contributed by atoms with Gasteiger partial charge in [0.05, 0.1) is 12.7 Å². The van der Waals surface area contributed by atoms with Crippen LogP contribution < -0.4 is 0 Å². The van der Waals surface area contributed by atoms with Gasteiger partial charge in [0, 0.05) is 54.2 Å². The molecule has 2 aromatic heterocycles. The second kappa shape index (κ2) is 7.44. The summed E-state index contributed by atoms with van der Waals surface area (Å²) in [5.74, 6) is 0. The van der Waals surface area contributed by atoms with Crippen LogP contribution in [0.4, 0.5) is 0 Å². The summed E-state index contributed by atoms with van der Waals surface area (Å²) in [6.07, 6.45) is 5.82. The number of aromatic nitrogens is 2. The number of ether oxygens (including phenoxy) is 1. The summed E-state index contributed by atoms with van der Waals surface area (Å²) in [6.45, 7) is 5.65. The van der Waals surface area contributed by atoms with Crippen molar-refractivity contribution in [2.24, 2.45) is 0 Å². The summed E-state index contributed by atoms with van der Waals surface area (Å²) in [7, 11) is 0. The third-order valence-electron chi connectivity index (χ3n) is 4.52. The zero-order valence-corrected chi connectivity index (χ0v) is 15.1. The van der Waals surface area contributed by atoms with Crippen LogP contribution in [0.1, 0.15) is 22.1 Å². The molecule has 0 aliphatic carbocycles. The summed E-state index contributed by atoms with van der Waals surface area (Å²) in [5.41, 5.74) is 3.65. The lowest BCUT2D eigenvalue weighted by molar-refractivity contribution is -0.0327. The summed E-state index contributed by atoms with van der Waals surface area (Å²) in [4.78, 5) is 12.6. The Morgan fingerprint density at radius 2 is 2.12 bits per heavy atom. The molecule has 128 valence electrons. The SMILES string of the molecule is Cc1ccccc1-c1ncc(CN2CCO[C@H](c3cccnc3)C2)s1. The minimum atomic E-state index is 0.103. The maximum atomic E-state index is 5.93. The van der Waals surface area contributed by atoms with Gasteiger partial charge in [-0.05, 0) is 18.6 Å². The fraction of sp³-hybridized carbons (Fsp3) is 0.300. The van der Waals surface area contributed by atoms with Crippen molar-refractivity contribution in [1.29, 1.82) is 0 Å². The van der Waals surface area contributed by atoms with Gasteiger partial charge in [-0.25, -0.2) is 4.98 Å². The first-order valence-corrected chi connectivity index (χ1v) is 9.36. The van der Waals surface area contributed by atoms with Crippen molar-refractivity contribution < 1.29 is 4.74 Å². The standard InChI is InChI=1S/C20H21N3OS/c1-15-5-2-3-7-18(15)20-22-12-17(25-20)13-23-9-10-24-19(14-23)16-6-4-8-21-11-16/h2-8,11-12,19H,9-10,13-14H2,1H3/t19-/m0/s1. The maximum Gasteiger partial charge on any atom is 0.123 e. The van der Waals surface area contributed by atoms with Gasteiger partial charge in [0.25, 0.3) is 0 Å². The molecule has 0 amide bonds. The number of aryl methyl sites for hydroxylation is 1. The topological polar surface area (TPSA) is 38.2 Å². The van der Waals surface area contributed by atoms with E-state index in [1.165, 1.54) is 16.0 Å². The zero-order valence-electron chi connectivity index (χ0n) is 14.3. The molecule has 0 radical (unpaired) electrons. The van der Waals surface area contributed by atoms with Crippen LogP contribution in [-0.2, 0) is 11.3 Å². The number of hydrogen-bond donors (Lipinski definition) is 0. The molecule has 4 nitrogen and oxygen atoms in total. The maximum absolute atomic E-state index is 5.93. The highest BCUT2D eigenvalue weighted by atomic mass is 32.1. The van der Waals surface area contributed by atoms with Gasteiger partial charge in [-0.15, -0.1) is 11.3 Å². The van der Waals surface area contributed by atoms with E-state index in [0.29, 0.717) is 0 Å². The fourth-order valence-electron chi connectivity index (χ4n) is 3.15. The van der Waals surface area contributed by atoms with Gasteiger partial charge < -0.3 is 4.74 Å². The summed E-state index contributed by atoms with van der Waals surface area (Å²) < 4.78 is 5.93. The average Bonchev–Trinajstić information content (AvgIpc) is 3.11. The van der Waals surface area contributed by atoms with Gasteiger partial charge in [0.15, 0.2) is 0 Å². The minimum absolute atomic E-state index is 0.103. The highest BCUT2D eigenvalue weighted by Crippen LogP contribution is 2.29. The average molecular weight is 351 g/mol. The highest BCUT2D eigenvalue weighted by Gasteiger charge is 2.22. The van der Waals surface area contributed by atoms with Crippen LogP contribution in [0.3, 0.4) is 0 Å². The molecule has 0 bridgehead atoms. The van der Waals surface area contributed by atoms with Crippen molar-refractivity contribution in [3.63, 3.8) is 0 Å². The van der Waals surface area contributed by atoms with Crippen LogP contribution >= 0.6 is 11.3 Å². The van der Waals surface area contributed by atoms with E-state index in [0.717, 1.165) is 36.8 Å². The van der Waals surface area contributed by atoms with Crippen LogP contribution in [0.15, 0.2) is 55.0 Å². The molecule has 0 spiro atoms. The van der Waals surface area contributed by atoms with Gasteiger partial charge in [0.1, 0.15) is 5.01 Å². The molecule has 5 heteroatoms. The highest BCUT2D eigenvalue weighted by molar-refractivity contribution is 7.15. The Balaban J connectivity index is 1.45. The van der Waals surface area contributed by atoms with E-state index in [1.54, 1.807) is 17.5 Å². The summed E-state index contributed by atoms with van der Waals surface area (Å²) in [6, 6.07) is 12.5. The molecule has 1 saturated heterocycles. The van der Waals surface area contributed by atoms with E-state index >= 15 is 0 Å². The summed E-state index contributed by atoms with van der Waals surface area (Å²) in [5, 5.41) is 1.10. The normalized spacial score (nSPS) is 18.4. The van der Waals surface area contributed by atoms with Gasteiger partial charge in [-0.1, -0.05) is 30.3 Å². The predicted octanol–water partition coefficient (Wildman–Crippen LogP) is 4.09. The molecule has 1 aliphatic rings. The molecule has 3 aromatic rings. The van der Waals surface area contributed by atoms with E-state index in [9.17, 15) is 0 Å². The van der Waals surface area contributed by atoms with E-state index in [2.05, 4.69) is 52.1 Å². The molecule has 1 fully saturated rings. The second-order valence-electron chi connectivity index (χ2n) is 6.33. The second-order valence-corrected chi connectivity index (χ2v) is 7.44. The number of hydrogen-bond acceptors (Lipinski definition) is 5. The fourth-order valence-corrected chi connectivity index (χ4v) is 4.20. The first-order chi connectivity index (χ1) is 12.3. The van der Waals surface area contributed by atoms with E-state index in [4.69, 9.17) is 4.74 Å². The van der Waals surface area contributed by atoms with Crippen molar-refractivity contribution in [2.75, 3.05) is 19.7 Å². The lowest BCUT2D eigenvalue weighted by Gasteiger charge is -2.32. The lowest BCUT2D eigenvalue weighted by atomic mass is 10.1. The van der Waals surface area contributed by atoms with Crippen molar-refractivity contribution in [3.8, 4) is 10.6 Å².